The van der Waals surface area contributed by atoms with E-state index in [0.29, 0.717) is 28.2 Å². The zero-order valence-corrected chi connectivity index (χ0v) is 14.7. The number of halogens is 2. The van der Waals surface area contributed by atoms with E-state index in [1.54, 1.807) is 22.8 Å². The lowest BCUT2D eigenvalue weighted by Gasteiger charge is -2.11. The van der Waals surface area contributed by atoms with Gasteiger partial charge in [-0.3, -0.25) is 4.79 Å². The number of aliphatic hydroxyl groups excluding tert-OH is 1. The summed E-state index contributed by atoms with van der Waals surface area (Å²) in [6, 6.07) is 12.4. The summed E-state index contributed by atoms with van der Waals surface area (Å²) in [5.74, 6) is 0.299. The van der Waals surface area contributed by atoms with E-state index in [4.69, 9.17) is 28.3 Å². The molecule has 0 aliphatic rings. The molecule has 0 fully saturated rings. The normalized spacial score (nSPS) is 10.8. The fourth-order valence-corrected chi connectivity index (χ4v) is 2.75. The molecule has 3 aromatic rings. The summed E-state index contributed by atoms with van der Waals surface area (Å²) >= 11 is 11.8. The predicted octanol–water partition coefficient (Wildman–Crippen LogP) is 3.39. The van der Waals surface area contributed by atoms with Gasteiger partial charge in [-0.25, -0.2) is 4.98 Å². The van der Waals surface area contributed by atoms with Gasteiger partial charge in [-0.2, -0.15) is 0 Å². The SMILES string of the molecule is O=C(Cn1c(NCCO)nc2ccccc21)Nc1ccc(Cl)c(Cl)c1. The molecule has 0 spiro atoms. The lowest BCUT2D eigenvalue weighted by atomic mass is 10.3. The second-order valence-electron chi connectivity index (χ2n) is 5.34. The van der Waals surface area contributed by atoms with Crippen molar-refractivity contribution in [2.45, 2.75) is 6.54 Å². The summed E-state index contributed by atoms with van der Waals surface area (Å²) in [5.41, 5.74) is 2.16. The summed E-state index contributed by atoms with van der Waals surface area (Å²) < 4.78 is 1.76. The number of nitrogens with zero attached hydrogens (tertiary/aromatic N) is 2. The van der Waals surface area contributed by atoms with Gasteiger partial charge in [-0.1, -0.05) is 35.3 Å². The van der Waals surface area contributed by atoms with Gasteiger partial charge in [0.15, 0.2) is 0 Å². The number of aliphatic hydroxyl groups is 1. The fraction of sp³-hybridized carbons (Fsp3) is 0.176. The standard InChI is InChI=1S/C17H16Cl2N4O2/c18-12-6-5-11(9-13(12)19)21-16(25)10-23-15-4-2-1-3-14(15)22-17(23)20-7-8-24/h1-6,9,24H,7-8,10H2,(H,20,22)(H,21,25). The smallest absolute Gasteiger partial charge is 0.244 e. The third-order valence-corrected chi connectivity index (χ3v) is 4.29. The van der Waals surface area contributed by atoms with Gasteiger partial charge in [-0.05, 0) is 30.3 Å². The molecular weight excluding hydrogens is 363 g/mol. The van der Waals surface area contributed by atoms with Gasteiger partial charge in [0.2, 0.25) is 11.9 Å². The number of anilines is 2. The van der Waals surface area contributed by atoms with Crippen LogP contribution < -0.4 is 10.6 Å². The molecule has 3 rings (SSSR count). The highest BCUT2D eigenvalue weighted by Gasteiger charge is 2.13. The van der Waals surface area contributed by atoms with Gasteiger partial charge in [0.25, 0.3) is 0 Å². The first-order valence-corrected chi connectivity index (χ1v) is 8.39. The van der Waals surface area contributed by atoms with Gasteiger partial charge in [-0.15, -0.1) is 0 Å². The number of hydrogen-bond acceptors (Lipinski definition) is 4. The quantitative estimate of drug-likeness (QED) is 0.614. The third-order valence-electron chi connectivity index (χ3n) is 3.55. The average molecular weight is 379 g/mol. The number of fused-ring (bicyclic) bond motifs is 1. The number of rotatable bonds is 6. The Morgan fingerprint density at radius 2 is 1.96 bits per heavy atom. The van der Waals surface area contributed by atoms with Crippen molar-refractivity contribution in [2.24, 2.45) is 0 Å². The monoisotopic (exact) mass is 378 g/mol. The molecule has 0 unspecified atom stereocenters. The molecule has 0 bridgehead atoms. The molecule has 0 saturated heterocycles. The molecule has 6 nitrogen and oxygen atoms in total. The second kappa shape index (κ2) is 7.74. The van der Waals surface area contributed by atoms with Crippen LogP contribution in [-0.2, 0) is 11.3 Å². The molecule has 0 aliphatic heterocycles. The Kier molecular flexibility index (Phi) is 5.43. The largest absolute Gasteiger partial charge is 0.395 e. The molecule has 3 N–H and O–H groups in total. The molecule has 1 heterocycles. The first-order valence-electron chi connectivity index (χ1n) is 7.63. The Hall–Kier alpha value is -2.28. The Morgan fingerprint density at radius 1 is 1.16 bits per heavy atom. The molecule has 130 valence electrons. The Labute approximate surface area is 154 Å². The Balaban J connectivity index is 1.83. The topological polar surface area (TPSA) is 79.2 Å². The molecule has 0 atom stereocenters. The zero-order chi connectivity index (χ0) is 17.8. The molecule has 0 aliphatic carbocycles. The van der Waals surface area contributed by atoms with Crippen LogP contribution in [0.25, 0.3) is 11.0 Å². The number of imidazole rings is 1. The van der Waals surface area contributed by atoms with E-state index in [1.165, 1.54) is 0 Å². The van der Waals surface area contributed by atoms with E-state index in [1.807, 2.05) is 24.3 Å². The van der Waals surface area contributed by atoms with Crippen molar-refractivity contribution in [1.29, 1.82) is 0 Å². The summed E-state index contributed by atoms with van der Waals surface area (Å²) in [4.78, 5) is 16.9. The summed E-state index contributed by atoms with van der Waals surface area (Å²) in [5, 5.41) is 15.6. The molecule has 2 aromatic carbocycles. The summed E-state index contributed by atoms with van der Waals surface area (Å²) in [6.07, 6.45) is 0. The highest BCUT2D eigenvalue weighted by atomic mass is 35.5. The first kappa shape index (κ1) is 17.5. The van der Waals surface area contributed by atoms with Crippen LogP contribution in [0.1, 0.15) is 0 Å². The van der Waals surface area contributed by atoms with Crippen LogP contribution in [-0.4, -0.2) is 33.7 Å². The van der Waals surface area contributed by atoms with Gasteiger partial charge in [0.05, 0.1) is 27.7 Å². The fourth-order valence-electron chi connectivity index (χ4n) is 2.46. The molecular formula is C17H16Cl2N4O2. The number of benzene rings is 2. The highest BCUT2D eigenvalue weighted by Crippen LogP contribution is 2.25. The zero-order valence-electron chi connectivity index (χ0n) is 13.2. The number of carbonyl (C=O) groups excluding carboxylic acids is 1. The van der Waals surface area contributed by atoms with E-state index in [0.717, 1.165) is 11.0 Å². The van der Waals surface area contributed by atoms with Crippen LogP contribution in [0.15, 0.2) is 42.5 Å². The number of para-hydroxylation sites is 2. The van der Waals surface area contributed by atoms with E-state index in [9.17, 15) is 4.79 Å². The minimum atomic E-state index is -0.228. The van der Waals surface area contributed by atoms with Gasteiger partial charge in [0, 0.05) is 12.2 Å². The van der Waals surface area contributed by atoms with Crippen molar-refractivity contribution in [3.05, 3.63) is 52.5 Å². The summed E-state index contributed by atoms with van der Waals surface area (Å²) in [7, 11) is 0. The molecule has 1 aromatic heterocycles. The van der Waals surface area contributed by atoms with Crippen LogP contribution in [0, 0.1) is 0 Å². The minimum absolute atomic E-state index is 0.0291. The number of hydrogen-bond donors (Lipinski definition) is 3. The van der Waals surface area contributed by atoms with Crippen molar-refractivity contribution < 1.29 is 9.90 Å². The van der Waals surface area contributed by atoms with E-state index in [-0.39, 0.29) is 19.1 Å². The van der Waals surface area contributed by atoms with Crippen LogP contribution in [0.5, 0.6) is 0 Å². The second-order valence-corrected chi connectivity index (χ2v) is 6.15. The number of amides is 1. The van der Waals surface area contributed by atoms with E-state index >= 15 is 0 Å². The number of nitrogens with one attached hydrogen (secondary N) is 2. The lowest BCUT2D eigenvalue weighted by molar-refractivity contribution is -0.116. The lowest BCUT2D eigenvalue weighted by Crippen LogP contribution is -2.21. The number of aromatic nitrogens is 2. The van der Waals surface area contributed by atoms with Crippen molar-refractivity contribution in [3.63, 3.8) is 0 Å². The minimum Gasteiger partial charge on any atom is -0.395 e. The average Bonchev–Trinajstić information content (AvgIpc) is 2.94. The molecule has 8 heteroatoms. The molecule has 0 radical (unpaired) electrons. The van der Waals surface area contributed by atoms with Crippen molar-refractivity contribution in [2.75, 3.05) is 23.8 Å². The summed E-state index contributed by atoms with van der Waals surface area (Å²) in [6.45, 7) is 0.380. The predicted molar refractivity (Wildman–Crippen MR) is 100 cm³/mol. The van der Waals surface area contributed by atoms with Gasteiger partial charge >= 0.3 is 0 Å². The Morgan fingerprint density at radius 3 is 2.72 bits per heavy atom. The molecule has 0 saturated carbocycles. The molecule has 1 amide bonds. The number of carbonyl (C=O) groups is 1. The Bertz CT molecular complexity index is 911. The molecule has 25 heavy (non-hydrogen) atoms. The van der Waals surface area contributed by atoms with Crippen LogP contribution >= 0.6 is 23.2 Å². The first-order chi connectivity index (χ1) is 12.1. The van der Waals surface area contributed by atoms with Crippen LogP contribution in [0.2, 0.25) is 10.0 Å². The van der Waals surface area contributed by atoms with Gasteiger partial charge < -0.3 is 20.3 Å². The highest BCUT2D eigenvalue weighted by molar-refractivity contribution is 6.42. The third kappa shape index (κ3) is 4.04. The maximum absolute atomic E-state index is 12.4. The van der Waals surface area contributed by atoms with Crippen LogP contribution in [0.3, 0.4) is 0 Å². The van der Waals surface area contributed by atoms with E-state index < -0.39 is 0 Å². The van der Waals surface area contributed by atoms with Crippen molar-refractivity contribution >= 4 is 51.8 Å². The van der Waals surface area contributed by atoms with E-state index in [2.05, 4.69) is 15.6 Å². The van der Waals surface area contributed by atoms with Crippen LogP contribution in [0.4, 0.5) is 11.6 Å². The van der Waals surface area contributed by atoms with Gasteiger partial charge in [0.1, 0.15) is 6.54 Å². The van der Waals surface area contributed by atoms with Crippen molar-refractivity contribution in [1.82, 2.24) is 9.55 Å². The maximum atomic E-state index is 12.4. The van der Waals surface area contributed by atoms with Crippen molar-refractivity contribution in [3.8, 4) is 0 Å². The maximum Gasteiger partial charge on any atom is 0.244 e.